The summed E-state index contributed by atoms with van der Waals surface area (Å²) in [5.74, 6) is 0. The van der Waals surface area contributed by atoms with Crippen LogP contribution in [0.5, 0.6) is 0 Å². The van der Waals surface area contributed by atoms with E-state index >= 15 is 0 Å². The topological polar surface area (TPSA) is 96.2 Å². The molecule has 13 heavy (non-hydrogen) atoms. The molecule has 0 aromatic rings. The molecule has 0 aliphatic heterocycles. The average Bonchev–Trinajstić information content (AvgIpc) is 2.08. The van der Waals surface area contributed by atoms with Gasteiger partial charge in [0.05, 0.1) is 13.2 Å². The first kappa shape index (κ1) is 17.8. The van der Waals surface area contributed by atoms with Crippen molar-refractivity contribution in [2.24, 2.45) is 0 Å². The lowest BCUT2D eigenvalue weighted by Gasteiger charge is -1.96. The number of rotatable bonds is 4. The van der Waals surface area contributed by atoms with Crippen molar-refractivity contribution in [1.29, 1.82) is 0 Å². The van der Waals surface area contributed by atoms with Crippen LogP contribution in [0.25, 0.3) is 0 Å². The number of aliphatic hydroxyl groups excluding tert-OH is 1. The van der Waals surface area contributed by atoms with Crippen molar-refractivity contribution in [3.63, 3.8) is 0 Å². The molecule has 6 heteroatoms. The number of methoxy groups -OCH3 is 1. The van der Waals surface area contributed by atoms with Crippen molar-refractivity contribution in [3.8, 4) is 0 Å². The van der Waals surface area contributed by atoms with Gasteiger partial charge in [0.15, 0.2) is 0 Å². The van der Waals surface area contributed by atoms with Crippen LogP contribution in [0.2, 0.25) is 0 Å². The Morgan fingerprint density at radius 3 is 2.00 bits per heavy atom. The Balaban J connectivity index is -0.000000142. The number of ether oxygens (including phenoxy) is 2. The molecular formula is C7H16O6. The van der Waals surface area contributed by atoms with Crippen molar-refractivity contribution in [3.05, 3.63) is 13.2 Å². The van der Waals surface area contributed by atoms with Gasteiger partial charge in [-0.25, -0.2) is 4.79 Å². The summed E-state index contributed by atoms with van der Waals surface area (Å²) in [4.78, 5) is 8.56. The van der Waals surface area contributed by atoms with Crippen LogP contribution in [0.4, 0.5) is 4.79 Å². The van der Waals surface area contributed by atoms with Gasteiger partial charge in [0.2, 0.25) is 0 Å². The molecule has 0 aliphatic rings. The molecule has 0 atom stereocenters. The molecule has 0 saturated carbocycles. The molecule has 0 radical (unpaired) electrons. The second kappa shape index (κ2) is 22.4. The first-order chi connectivity index (χ1) is 6.15. The highest BCUT2D eigenvalue weighted by atomic mass is 16.7. The minimum atomic E-state index is -1.83. The van der Waals surface area contributed by atoms with E-state index in [1.807, 2.05) is 0 Å². The standard InChI is InChI=1S/C4H10O3.C2H4.CH2O3/c1-6-4-7-3-2-5;1-2;2-1(3)4/h5H,2-4H2,1H3;1-2H2;(H2,2,3,4). The third kappa shape index (κ3) is 103. The number of carboxylic acid groups (broad SMARTS) is 2. The predicted molar refractivity (Wildman–Crippen MR) is 46.8 cm³/mol. The summed E-state index contributed by atoms with van der Waals surface area (Å²) in [7, 11) is 1.54. The summed E-state index contributed by atoms with van der Waals surface area (Å²) in [6.07, 6.45) is -1.83. The smallest absolute Gasteiger partial charge is 0.450 e. The second-order valence-electron chi connectivity index (χ2n) is 1.32. The maximum absolute atomic E-state index is 8.56. The molecule has 0 saturated heterocycles. The van der Waals surface area contributed by atoms with E-state index in [2.05, 4.69) is 22.6 Å². The predicted octanol–water partition coefficient (Wildman–Crippen LogP) is 0.624. The molecule has 0 aromatic carbocycles. The van der Waals surface area contributed by atoms with E-state index in [0.717, 1.165) is 0 Å². The van der Waals surface area contributed by atoms with Crippen LogP contribution in [0.15, 0.2) is 13.2 Å². The fraction of sp³-hybridized carbons (Fsp3) is 0.571. The number of aliphatic hydroxyl groups is 1. The van der Waals surface area contributed by atoms with Crippen molar-refractivity contribution >= 4 is 6.16 Å². The fourth-order valence-corrected chi connectivity index (χ4v) is 0.207. The highest BCUT2D eigenvalue weighted by Crippen LogP contribution is 1.70. The van der Waals surface area contributed by atoms with E-state index in [1.165, 1.54) is 7.11 Å². The lowest BCUT2D eigenvalue weighted by molar-refractivity contribution is -0.0411. The lowest BCUT2D eigenvalue weighted by Crippen LogP contribution is -2.01. The SMILES string of the molecule is C=C.COCOCCO.O=C(O)O. The average molecular weight is 196 g/mol. The molecular weight excluding hydrogens is 180 g/mol. The summed E-state index contributed by atoms with van der Waals surface area (Å²) in [6.45, 7) is 6.68. The van der Waals surface area contributed by atoms with Gasteiger partial charge >= 0.3 is 6.16 Å². The number of hydrogen-bond acceptors (Lipinski definition) is 4. The van der Waals surface area contributed by atoms with Crippen molar-refractivity contribution in [1.82, 2.24) is 0 Å². The minimum Gasteiger partial charge on any atom is -0.450 e. The third-order valence-electron chi connectivity index (χ3n) is 0.437. The molecule has 0 amide bonds. The number of hydrogen-bond donors (Lipinski definition) is 3. The van der Waals surface area contributed by atoms with Crippen molar-refractivity contribution in [2.45, 2.75) is 0 Å². The van der Waals surface area contributed by atoms with Crippen LogP contribution >= 0.6 is 0 Å². The molecule has 80 valence electrons. The Morgan fingerprint density at radius 1 is 1.38 bits per heavy atom. The first-order valence-electron chi connectivity index (χ1n) is 3.24. The van der Waals surface area contributed by atoms with Gasteiger partial charge in [-0.1, -0.05) is 0 Å². The van der Waals surface area contributed by atoms with E-state index in [9.17, 15) is 0 Å². The van der Waals surface area contributed by atoms with Crippen LogP contribution < -0.4 is 0 Å². The van der Waals surface area contributed by atoms with Gasteiger partial charge in [-0.05, 0) is 0 Å². The zero-order valence-corrected chi connectivity index (χ0v) is 7.60. The molecule has 0 aliphatic carbocycles. The van der Waals surface area contributed by atoms with Crippen LogP contribution in [-0.2, 0) is 9.47 Å². The molecule has 0 aromatic heterocycles. The van der Waals surface area contributed by atoms with Crippen molar-refractivity contribution in [2.75, 3.05) is 27.1 Å². The normalized spacial score (nSPS) is 7.23. The van der Waals surface area contributed by atoms with Gasteiger partial charge in [0, 0.05) is 7.11 Å². The molecule has 0 fully saturated rings. The van der Waals surface area contributed by atoms with E-state index in [1.54, 1.807) is 0 Å². The van der Waals surface area contributed by atoms with Gasteiger partial charge in [0.1, 0.15) is 6.79 Å². The van der Waals surface area contributed by atoms with Crippen LogP contribution in [0, 0.1) is 0 Å². The summed E-state index contributed by atoms with van der Waals surface area (Å²) in [5, 5.41) is 22.1. The van der Waals surface area contributed by atoms with Gasteiger partial charge in [-0.2, -0.15) is 0 Å². The Labute approximate surface area is 77.0 Å². The summed E-state index contributed by atoms with van der Waals surface area (Å²) >= 11 is 0. The van der Waals surface area contributed by atoms with Crippen LogP contribution in [0.3, 0.4) is 0 Å². The maximum Gasteiger partial charge on any atom is 0.503 e. The molecule has 0 bridgehead atoms. The Morgan fingerprint density at radius 2 is 1.77 bits per heavy atom. The second-order valence-corrected chi connectivity index (χ2v) is 1.32. The highest BCUT2D eigenvalue weighted by molar-refractivity contribution is 5.53. The Kier molecular flexibility index (Phi) is 30.8. The molecule has 3 N–H and O–H groups in total. The van der Waals surface area contributed by atoms with Crippen LogP contribution in [0.1, 0.15) is 0 Å². The van der Waals surface area contributed by atoms with Gasteiger partial charge in [0.25, 0.3) is 0 Å². The van der Waals surface area contributed by atoms with E-state index in [-0.39, 0.29) is 13.4 Å². The Bertz CT molecular complexity index is 87.0. The van der Waals surface area contributed by atoms with Gasteiger partial charge < -0.3 is 24.8 Å². The van der Waals surface area contributed by atoms with Crippen LogP contribution in [-0.4, -0.2) is 48.6 Å². The van der Waals surface area contributed by atoms with Gasteiger partial charge in [-0.15, -0.1) is 13.2 Å². The molecule has 0 spiro atoms. The molecule has 6 nitrogen and oxygen atoms in total. The fourth-order valence-electron chi connectivity index (χ4n) is 0.207. The largest absolute Gasteiger partial charge is 0.503 e. The van der Waals surface area contributed by atoms with Gasteiger partial charge in [-0.3, -0.25) is 0 Å². The summed E-state index contributed by atoms with van der Waals surface area (Å²) in [5.41, 5.74) is 0. The Hall–Kier alpha value is -1.11. The highest BCUT2D eigenvalue weighted by Gasteiger charge is 1.78. The maximum atomic E-state index is 8.56. The zero-order chi connectivity index (χ0) is 11.1. The third-order valence-corrected chi connectivity index (χ3v) is 0.437. The molecule has 0 rings (SSSR count). The number of carbonyl (C=O) groups is 1. The minimum absolute atomic E-state index is 0.0589. The van der Waals surface area contributed by atoms with E-state index in [4.69, 9.17) is 20.1 Å². The first-order valence-corrected chi connectivity index (χ1v) is 3.24. The summed E-state index contributed by atoms with van der Waals surface area (Å²) < 4.78 is 9.17. The molecule has 0 unspecified atom stereocenters. The summed E-state index contributed by atoms with van der Waals surface area (Å²) in [6, 6.07) is 0. The monoisotopic (exact) mass is 196 g/mol. The zero-order valence-electron chi connectivity index (χ0n) is 7.60. The quantitative estimate of drug-likeness (QED) is 0.346. The van der Waals surface area contributed by atoms with Crippen molar-refractivity contribution < 1.29 is 29.6 Å². The van der Waals surface area contributed by atoms with E-state index < -0.39 is 6.16 Å². The lowest BCUT2D eigenvalue weighted by atomic mass is 10.8. The molecule has 0 heterocycles. The van der Waals surface area contributed by atoms with E-state index in [0.29, 0.717) is 6.61 Å².